The molecule has 0 saturated heterocycles. The predicted molar refractivity (Wildman–Crippen MR) is 44.8 cm³/mol. The molecule has 4 heteroatoms. The minimum Gasteiger partial charge on any atom is -0.467 e. The third-order valence-corrected chi connectivity index (χ3v) is 1.44. The van der Waals surface area contributed by atoms with Crippen molar-refractivity contribution in [3.63, 3.8) is 0 Å². The first kappa shape index (κ1) is 9.42. The SMILES string of the molecule is Cc1ccc(OCN=C=O)c(F)c1. The quantitative estimate of drug-likeness (QED) is 0.526. The van der Waals surface area contributed by atoms with E-state index in [0.717, 1.165) is 5.56 Å². The van der Waals surface area contributed by atoms with Crippen LogP contribution in [0.2, 0.25) is 0 Å². The Balaban J connectivity index is 2.71. The molecule has 0 spiro atoms. The largest absolute Gasteiger partial charge is 0.467 e. The third-order valence-electron chi connectivity index (χ3n) is 1.44. The fourth-order valence-electron chi connectivity index (χ4n) is 0.851. The molecule has 1 rings (SSSR count). The Morgan fingerprint density at radius 1 is 1.62 bits per heavy atom. The van der Waals surface area contributed by atoms with E-state index in [9.17, 15) is 9.18 Å². The van der Waals surface area contributed by atoms with Crippen LogP contribution in [0, 0.1) is 12.7 Å². The van der Waals surface area contributed by atoms with Crippen molar-refractivity contribution in [1.82, 2.24) is 0 Å². The third kappa shape index (κ3) is 2.69. The molecular formula is C9H8FNO2. The lowest BCUT2D eigenvalue weighted by Crippen LogP contribution is -1.96. The molecule has 0 bridgehead atoms. The van der Waals surface area contributed by atoms with E-state index in [-0.39, 0.29) is 12.5 Å². The first-order valence-corrected chi connectivity index (χ1v) is 3.66. The standard InChI is InChI=1S/C9H8FNO2/c1-7-2-3-9(8(10)4-7)13-6-11-5-12/h2-4H,6H2,1H3. The fraction of sp³-hybridized carbons (Fsp3) is 0.222. The van der Waals surface area contributed by atoms with Crippen molar-refractivity contribution < 1.29 is 13.9 Å². The minimum absolute atomic E-state index is 0.0876. The molecule has 0 aromatic heterocycles. The van der Waals surface area contributed by atoms with E-state index < -0.39 is 5.82 Å². The summed E-state index contributed by atoms with van der Waals surface area (Å²) in [5.41, 5.74) is 0.809. The molecule has 0 unspecified atom stereocenters. The van der Waals surface area contributed by atoms with Gasteiger partial charge in [0.1, 0.15) is 0 Å². The number of aliphatic imine (C=N–C) groups is 1. The normalized spacial score (nSPS) is 9.08. The summed E-state index contributed by atoms with van der Waals surface area (Å²) in [6, 6.07) is 4.55. The van der Waals surface area contributed by atoms with Crippen LogP contribution >= 0.6 is 0 Å². The molecule has 0 radical (unpaired) electrons. The summed E-state index contributed by atoms with van der Waals surface area (Å²) in [7, 11) is 0. The van der Waals surface area contributed by atoms with Crippen LogP contribution in [0.3, 0.4) is 0 Å². The van der Waals surface area contributed by atoms with Crippen molar-refractivity contribution in [3.05, 3.63) is 29.6 Å². The highest BCUT2D eigenvalue weighted by Gasteiger charge is 2.01. The minimum atomic E-state index is -0.457. The summed E-state index contributed by atoms with van der Waals surface area (Å²) < 4.78 is 17.8. The number of nitrogens with zero attached hydrogens (tertiary/aromatic N) is 1. The van der Waals surface area contributed by atoms with E-state index in [2.05, 4.69) is 4.99 Å². The number of rotatable bonds is 3. The molecule has 0 aliphatic carbocycles. The van der Waals surface area contributed by atoms with Crippen molar-refractivity contribution in [2.45, 2.75) is 6.92 Å². The number of carbonyl (C=O) groups excluding carboxylic acids is 1. The lowest BCUT2D eigenvalue weighted by Gasteiger charge is -2.03. The van der Waals surface area contributed by atoms with Crippen LogP contribution in [0.4, 0.5) is 4.39 Å². The molecule has 13 heavy (non-hydrogen) atoms. The molecule has 1 aromatic rings. The van der Waals surface area contributed by atoms with Crippen LogP contribution < -0.4 is 4.74 Å². The van der Waals surface area contributed by atoms with Crippen molar-refractivity contribution in [1.29, 1.82) is 0 Å². The van der Waals surface area contributed by atoms with Crippen molar-refractivity contribution >= 4 is 6.08 Å². The smallest absolute Gasteiger partial charge is 0.238 e. The van der Waals surface area contributed by atoms with Gasteiger partial charge in [0, 0.05) is 0 Å². The highest BCUT2D eigenvalue weighted by atomic mass is 19.1. The molecule has 68 valence electrons. The Morgan fingerprint density at radius 3 is 3.00 bits per heavy atom. The van der Waals surface area contributed by atoms with Crippen LogP contribution in [-0.2, 0) is 4.79 Å². The number of ether oxygens (including phenoxy) is 1. The van der Waals surface area contributed by atoms with Gasteiger partial charge in [0.15, 0.2) is 18.3 Å². The van der Waals surface area contributed by atoms with E-state index in [1.807, 2.05) is 0 Å². The highest BCUT2D eigenvalue weighted by molar-refractivity contribution is 5.33. The topological polar surface area (TPSA) is 38.7 Å². The zero-order valence-corrected chi connectivity index (χ0v) is 7.08. The second kappa shape index (κ2) is 4.38. The van der Waals surface area contributed by atoms with Gasteiger partial charge in [-0.1, -0.05) is 6.07 Å². The zero-order chi connectivity index (χ0) is 9.68. The first-order valence-electron chi connectivity index (χ1n) is 3.66. The van der Waals surface area contributed by atoms with Gasteiger partial charge in [-0.3, -0.25) is 0 Å². The summed E-state index contributed by atoms with van der Waals surface area (Å²) in [5, 5.41) is 0. The molecule has 0 fully saturated rings. The van der Waals surface area contributed by atoms with Gasteiger partial charge in [-0.2, -0.15) is 4.99 Å². The Labute approximate surface area is 74.9 Å². The highest BCUT2D eigenvalue weighted by Crippen LogP contribution is 2.17. The Hall–Kier alpha value is -1.67. The molecule has 0 aliphatic heterocycles. The first-order chi connectivity index (χ1) is 6.24. The number of hydrogen-bond donors (Lipinski definition) is 0. The molecule has 0 N–H and O–H groups in total. The summed E-state index contributed by atoms with van der Waals surface area (Å²) in [4.78, 5) is 12.8. The second-order valence-electron chi connectivity index (χ2n) is 2.46. The van der Waals surface area contributed by atoms with Gasteiger partial charge in [-0.05, 0) is 24.6 Å². The van der Waals surface area contributed by atoms with Crippen LogP contribution in [-0.4, -0.2) is 12.8 Å². The number of isocyanates is 1. The van der Waals surface area contributed by atoms with Crippen molar-refractivity contribution in [2.75, 3.05) is 6.73 Å². The van der Waals surface area contributed by atoms with E-state index >= 15 is 0 Å². The lowest BCUT2D eigenvalue weighted by molar-refractivity contribution is 0.313. The maximum atomic E-state index is 13.0. The molecule has 0 heterocycles. The lowest BCUT2D eigenvalue weighted by atomic mass is 10.2. The fourth-order valence-corrected chi connectivity index (χ4v) is 0.851. The maximum Gasteiger partial charge on any atom is 0.238 e. The average molecular weight is 181 g/mol. The zero-order valence-electron chi connectivity index (χ0n) is 7.08. The number of halogens is 1. The Bertz CT molecular complexity index is 345. The summed E-state index contributed by atoms with van der Waals surface area (Å²) in [6.45, 7) is 1.57. The van der Waals surface area contributed by atoms with Crippen LogP contribution in [0.15, 0.2) is 23.2 Å². The van der Waals surface area contributed by atoms with E-state index in [1.165, 1.54) is 18.2 Å². The maximum absolute atomic E-state index is 13.0. The van der Waals surface area contributed by atoms with Gasteiger partial charge >= 0.3 is 0 Å². The van der Waals surface area contributed by atoms with E-state index in [1.54, 1.807) is 13.0 Å². The predicted octanol–water partition coefficient (Wildman–Crippen LogP) is 1.81. The number of hydrogen-bond acceptors (Lipinski definition) is 3. The number of benzene rings is 1. The second-order valence-corrected chi connectivity index (χ2v) is 2.46. The van der Waals surface area contributed by atoms with Crippen LogP contribution in [0.25, 0.3) is 0 Å². The van der Waals surface area contributed by atoms with Crippen LogP contribution in [0.5, 0.6) is 5.75 Å². The van der Waals surface area contributed by atoms with Crippen molar-refractivity contribution in [3.8, 4) is 5.75 Å². The monoisotopic (exact) mass is 181 g/mol. The summed E-state index contributed by atoms with van der Waals surface area (Å²) in [6.07, 6.45) is 1.30. The van der Waals surface area contributed by atoms with E-state index in [0.29, 0.717) is 0 Å². The van der Waals surface area contributed by atoms with E-state index in [4.69, 9.17) is 4.74 Å². The van der Waals surface area contributed by atoms with Gasteiger partial charge in [0.2, 0.25) is 6.08 Å². The van der Waals surface area contributed by atoms with Crippen molar-refractivity contribution in [2.24, 2.45) is 4.99 Å². The van der Waals surface area contributed by atoms with Gasteiger partial charge < -0.3 is 4.74 Å². The summed E-state index contributed by atoms with van der Waals surface area (Å²) in [5.74, 6) is -0.370. The molecule has 0 amide bonds. The molecule has 0 saturated carbocycles. The number of aryl methyl sites for hydroxylation is 1. The molecule has 0 atom stereocenters. The van der Waals surface area contributed by atoms with Gasteiger partial charge in [-0.15, -0.1) is 0 Å². The molecule has 0 aliphatic rings. The van der Waals surface area contributed by atoms with Gasteiger partial charge in [0.25, 0.3) is 0 Å². The Morgan fingerprint density at radius 2 is 2.38 bits per heavy atom. The average Bonchev–Trinajstić information content (AvgIpc) is 2.09. The van der Waals surface area contributed by atoms with Crippen LogP contribution in [0.1, 0.15) is 5.56 Å². The summed E-state index contributed by atoms with van der Waals surface area (Å²) >= 11 is 0. The Kier molecular flexibility index (Phi) is 3.17. The van der Waals surface area contributed by atoms with Gasteiger partial charge in [0.05, 0.1) is 0 Å². The molecule has 1 aromatic carbocycles. The van der Waals surface area contributed by atoms with Gasteiger partial charge in [-0.25, -0.2) is 9.18 Å². The molecular weight excluding hydrogens is 173 g/mol. The molecule has 3 nitrogen and oxygen atoms in total.